The molecule has 0 aliphatic rings. The van der Waals surface area contributed by atoms with Crippen LogP contribution in [0.3, 0.4) is 0 Å². The maximum atomic E-state index is 12.3. The number of hydrogen-bond donors (Lipinski definition) is 1. The Kier molecular flexibility index (Phi) is 5.15. The van der Waals surface area contributed by atoms with Crippen molar-refractivity contribution in [3.63, 3.8) is 0 Å². The number of hydrogen-bond acceptors (Lipinski definition) is 2. The smallest absolute Gasteiger partial charge is 0.387 e. The van der Waals surface area contributed by atoms with Crippen LogP contribution in [0.1, 0.15) is 22.7 Å². The van der Waals surface area contributed by atoms with E-state index in [1.54, 1.807) is 19.2 Å². The molecule has 0 aliphatic carbocycles. The van der Waals surface area contributed by atoms with Gasteiger partial charge in [0.25, 0.3) is 0 Å². The summed E-state index contributed by atoms with van der Waals surface area (Å²) >= 11 is 6.15. The Bertz CT molecular complexity index is 619. The largest absolute Gasteiger partial charge is 0.435 e. The van der Waals surface area contributed by atoms with Crippen LogP contribution >= 0.6 is 11.6 Å². The SMILES string of the molecule is CNC(c1cccc(OC(F)F)c1)c1ccc(C)c(Cl)c1. The van der Waals surface area contributed by atoms with Crippen molar-refractivity contribution in [3.8, 4) is 5.75 Å². The minimum absolute atomic E-state index is 0.140. The molecule has 1 atom stereocenters. The number of nitrogens with one attached hydrogen (secondary N) is 1. The van der Waals surface area contributed by atoms with Crippen molar-refractivity contribution in [1.82, 2.24) is 5.32 Å². The maximum absolute atomic E-state index is 12.3. The van der Waals surface area contributed by atoms with Gasteiger partial charge in [0.2, 0.25) is 0 Å². The third-order valence-corrected chi connectivity index (χ3v) is 3.64. The fourth-order valence-corrected chi connectivity index (χ4v) is 2.37. The molecule has 2 aromatic carbocycles. The van der Waals surface area contributed by atoms with Gasteiger partial charge in [-0.1, -0.05) is 35.9 Å². The van der Waals surface area contributed by atoms with Crippen LogP contribution in [0.2, 0.25) is 5.02 Å². The molecular formula is C16H16ClF2NO. The second-order valence-electron chi connectivity index (χ2n) is 4.68. The van der Waals surface area contributed by atoms with Crippen molar-refractivity contribution in [1.29, 1.82) is 0 Å². The van der Waals surface area contributed by atoms with E-state index in [0.29, 0.717) is 5.02 Å². The highest BCUT2D eigenvalue weighted by Crippen LogP contribution is 2.28. The molecule has 1 unspecified atom stereocenters. The second-order valence-corrected chi connectivity index (χ2v) is 5.09. The molecular weight excluding hydrogens is 296 g/mol. The molecule has 2 rings (SSSR count). The Morgan fingerprint density at radius 3 is 2.43 bits per heavy atom. The quantitative estimate of drug-likeness (QED) is 0.874. The normalized spacial score (nSPS) is 12.5. The summed E-state index contributed by atoms with van der Waals surface area (Å²) in [6.45, 7) is -0.903. The van der Waals surface area contributed by atoms with Gasteiger partial charge < -0.3 is 10.1 Å². The predicted octanol–water partition coefficient (Wildman–Crippen LogP) is 4.56. The first-order valence-corrected chi connectivity index (χ1v) is 6.87. The number of benzene rings is 2. The molecule has 0 heterocycles. The first-order valence-electron chi connectivity index (χ1n) is 6.49. The molecule has 0 saturated heterocycles. The van der Waals surface area contributed by atoms with Gasteiger partial charge in [-0.2, -0.15) is 8.78 Å². The summed E-state index contributed by atoms with van der Waals surface area (Å²) in [5.41, 5.74) is 2.78. The molecule has 2 aromatic rings. The lowest BCUT2D eigenvalue weighted by Crippen LogP contribution is -2.18. The lowest BCUT2D eigenvalue weighted by molar-refractivity contribution is -0.0498. The van der Waals surface area contributed by atoms with Crippen LogP contribution in [0.15, 0.2) is 42.5 Å². The standard InChI is InChI=1S/C16H16ClF2NO/c1-10-6-7-12(9-14(10)17)15(20-2)11-4-3-5-13(8-11)21-16(18)19/h3-9,15-16,20H,1-2H3. The Morgan fingerprint density at radius 1 is 1.10 bits per heavy atom. The van der Waals surface area contributed by atoms with Crippen molar-refractivity contribution in [2.24, 2.45) is 0 Å². The zero-order chi connectivity index (χ0) is 15.4. The van der Waals surface area contributed by atoms with Crippen LogP contribution < -0.4 is 10.1 Å². The van der Waals surface area contributed by atoms with Crippen LogP contribution in [0.25, 0.3) is 0 Å². The van der Waals surface area contributed by atoms with Crippen molar-refractivity contribution >= 4 is 11.6 Å². The van der Waals surface area contributed by atoms with Crippen LogP contribution in [0.4, 0.5) is 8.78 Å². The van der Waals surface area contributed by atoms with Crippen LogP contribution in [0.5, 0.6) is 5.75 Å². The average molecular weight is 312 g/mol. The van der Waals surface area contributed by atoms with Gasteiger partial charge in [-0.25, -0.2) is 0 Å². The van der Waals surface area contributed by atoms with E-state index in [9.17, 15) is 8.78 Å². The van der Waals surface area contributed by atoms with Gasteiger partial charge >= 0.3 is 6.61 Å². The van der Waals surface area contributed by atoms with Crippen molar-refractivity contribution in [2.45, 2.75) is 19.6 Å². The number of rotatable bonds is 5. The van der Waals surface area contributed by atoms with E-state index in [1.807, 2.05) is 31.2 Å². The number of halogens is 3. The predicted molar refractivity (Wildman–Crippen MR) is 80.2 cm³/mol. The average Bonchev–Trinajstić information content (AvgIpc) is 2.43. The fourth-order valence-electron chi connectivity index (χ4n) is 2.18. The lowest BCUT2D eigenvalue weighted by Gasteiger charge is -2.19. The zero-order valence-electron chi connectivity index (χ0n) is 11.7. The van der Waals surface area contributed by atoms with Crippen molar-refractivity contribution < 1.29 is 13.5 Å². The van der Waals surface area contributed by atoms with E-state index in [-0.39, 0.29) is 11.8 Å². The minimum atomic E-state index is -2.83. The monoisotopic (exact) mass is 311 g/mol. The van der Waals surface area contributed by atoms with E-state index < -0.39 is 6.61 Å². The van der Waals surface area contributed by atoms with E-state index in [0.717, 1.165) is 16.7 Å². The third-order valence-electron chi connectivity index (χ3n) is 3.23. The molecule has 0 aliphatic heterocycles. The Labute approximate surface area is 127 Å². The molecule has 112 valence electrons. The molecule has 0 bridgehead atoms. The summed E-state index contributed by atoms with van der Waals surface area (Å²) in [5, 5.41) is 3.83. The number of ether oxygens (including phenoxy) is 1. The van der Waals surface area contributed by atoms with E-state index in [4.69, 9.17) is 11.6 Å². The third kappa shape index (κ3) is 3.93. The summed E-state index contributed by atoms with van der Waals surface area (Å²) in [4.78, 5) is 0. The molecule has 0 aromatic heterocycles. The maximum Gasteiger partial charge on any atom is 0.387 e. The van der Waals surface area contributed by atoms with Gasteiger partial charge in [0, 0.05) is 5.02 Å². The molecule has 0 radical (unpaired) electrons. The summed E-state index contributed by atoms with van der Waals surface area (Å²) in [6.07, 6.45) is 0. The lowest BCUT2D eigenvalue weighted by atomic mass is 9.98. The Morgan fingerprint density at radius 2 is 1.81 bits per heavy atom. The molecule has 0 fully saturated rings. The van der Waals surface area contributed by atoms with Gasteiger partial charge in [-0.05, 0) is 48.9 Å². The summed E-state index contributed by atoms with van der Waals surface area (Å²) in [7, 11) is 1.80. The van der Waals surface area contributed by atoms with Crippen LogP contribution in [-0.4, -0.2) is 13.7 Å². The molecule has 5 heteroatoms. The molecule has 21 heavy (non-hydrogen) atoms. The van der Waals surface area contributed by atoms with Crippen molar-refractivity contribution in [2.75, 3.05) is 7.05 Å². The van der Waals surface area contributed by atoms with E-state index >= 15 is 0 Å². The Hall–Kier alpha value is -1.65. The molecule has 0 spiro atoms. The van der Waals surface area contributed by atoms with Gasteiger partial charge in [0.15, 0.2) is 0 Å². The van der Waals surface area contributed by atoms with Gasteiger partial charge in [-0.15, -0.1) is 0 Å². The first-order chi connectivity index (χ1) is 10.0. The number of aryl methyl sites for hydroxylation is 1. The minimum Gasteiger partial charge on any atom is -0.435 e. The molecule has 0 amide bonds. The van der Waals surface area contributed by atoms with E-state index in [2.05, 4.69) is 10.1 Å². The summed E-state index contributed by atoms with van der Waals surface area (Å²) in [6, 6.07) is 12.3. The summed E-state index contributed by atoms with van der Waals surface area (Å²) in [5.74, 6) is 0.140. The highest BCUT2D eigenvalue weighted by molar-refractivity contribution is 6.31. The molecule has 0 saturated carbocycles. The number of alkyl halides is 2. The Balaban J connectivity index is 2.34. The fraction of sp³-hybridized carbons (Fsp3) is 0.250. The van der Waals surface area contributed by atoms with Gasteiger partial charge in [0.1, 0.15) is 5.75 Å². The van der Waals surface area contributed by atoms with Gasteiger partial charge in [0.05, 0.1) is 6.04 Å². The highest BCUT2D eigenvalue weighted by Gasteiger charge is 2.14. The molecule has 1 N–H and O–H groups in total. The first kappa shape index (κ1) is 15.7. The van der Waals surface area contributed by atoms with Crippen LogP contribution in [0, 0.1) is 6.92 Å². The highest BCUT2D eigenvalue weighted by atomic mass is 35.5. The molecule has 2 nitrogen and oxygen atoms in total. The zero-order valence-corrected chi connectivity index (χ0v) is 12.5. The second kappa shape index (κ2) is 6.87. The van der Waals surface area contributed by atoms with E-state index in [1.165, 1.54) is 6.07 Å². The summed E-state index contributed by atoms with van der Waals surface area (Å²) < 4.78 is 29.0. The van der Waals surface area contributed by atoms with Crippen LogP contribution in [-0.2, 0) is 0 Å². The van der Waals surface area contributed by atoms with Crippen molar-refractivity contribution in [3.05, 3.63) is 64.2 Å². The topological polar surface area (TPSA) is 21.3 Å². The van der Waals surface area contributed by atoms with Gasteiger partial charge in [-0.3, -0.25) is 0 Å².